The van der Waals surface area contributed by atoms with Crippen LogP contribution in [0.2, 0.25) is 5.02 Å². The maximum absolute atomic E-state index is 12.3. The molecule has 0 saturated carbocycles. The van der Waals surface area contributed by atoms with Gasteiger partial charge in [0.15, 0.2) is 0 Å². The molecule has 8 heteroatoms. The molecule has 2 N–H and O–H groups in total. The van der Waals surface area contributed by atoms with Crippen LogP contribution in [0, 0.1) is 0 Å². The van der Waals surface area contributed by atoms with Crippen LogP contribution in [0.3, 0.4) is 0 Å². The Hall–Kier alpha value is 0.150. The molecule has 1 aliphatic rings. The fourth-order valence-corrected chi connectivity index (χ4v) is 4.98. The Kier molecular flexibility index (Phi) is 6.56. The predicted molar refractivity (Wildman–Crippen MR) is 82.6 cm³/mol. The second-order valence-electron chi connectivity index (χ2n) is 4.22. The lowest BCUT2D eigenvalue weighted by molar-refractivity contribution is 0.428. The average molecular weight is 390 g/mol. The van der Waals surface area contributed by atoms with Crippen molar-refractivity contribution >= 4 is 50.0 Å². The van der Waals surface area contributed by atoms with Crippen molar-refractivity contribution in [3.05, 3.63) is 27.7 Å². The lowest BCUT2D eigenvalue weighted by atomic mass is 10.1. The van der Waals surface area contributed by atoms with Gasteiger partial charge >= 0.3 is 0 Å². The molecule has 1 aromatic rings. The van der Waals surface area contributed by atoms with Gasteiger partial charge in [0, 0.05) is 17.1 Å². The van der Waals surface area contributed by atoms with Crippen molar-refractivity contribution in [2.24, 2.45) is 0 Å². The largest absolute Gasteiger partial charge is 0.315 e. The Morgan fingerprint density at radius 3 is 2.74 bits per heavy atom. The number of hydrogen-bond acceptors (Lipinski definition) is 3. The standard InChI is InChI=1S/C11H14BrClN2O2S.ClH/c12-9-4-1-5-10(13)11(9)18(16,17)15-8-3-2-6-14-7-8;/h1,4-5,8,14-15H,2-3,6-7H2;1H/t8-;/m0./s1. The van der Waals surface area contributed by atoms with Crippen molar-refractivity contribution in [1.82, 2.24) is 10.0 Å². The van der Waals surface area contributed by atoms with Crippen molar-refractivity contribution in [3.63, 3.8) is 0 Å². The SMILES string of the molecule is Cl.O=S(=O)(N[C@H]1CCCNC1)c1c(Cl)cccc1Br. The zero-order valence-corrected chi connectivity index (χ0v) is 14.0. The van der Waals surface area contributed by atoms with Gasteiger partial charge in [-0.1, -0.05) is 17.7 Å². The normalized spacial score (nSPS) is 19.8. The molecule has 1 fully saturated rings. The van der Waals surface area contributed by atoms with E-state index in [9.17, 15) is 8.42 Å². The molecule has 0 amide bonds. The molecule has 1 aromatic carbocycles. The summed E-state index contributed by atoms with van der Waals surface area (Å²) < 4.78 is 27.7. The molecule has 1 aliphatic heterocycles. The first-order valence-corrected chi connectivity index (χ1v) is 8.33. The second-order valence-corrected chi connectivity index (χ2v) is 7.13. The number of nitrogens with one attached hydrogen (secondary N) is 2. The number of hydrogen-bond donors (Lipinski definition) is 2. The monoisotopic (exact) mass is 388 g/mol. The lowest BCUT2D eigenvalue weighted by Crippen LogP contribution is -2.45. The van der Waals surface area contributed by atoms with Crippen LogP contribution in [0.5, 0.6) is 0 Å². The van der Waals surface area contributed by atoms with Crippen LogP contribution < -0.4 is 10.0 Å². The van der Waals surface area contributed by atoms with E-state index in [1.54, 1.807) is 18.2 Å². The Morgan fingerprint density at radius 1 is 1.42 bits per heavy atom. The van der Waals surface area contributed by atoms with Gasteiger partial charge in [0.25, 0.3) is 0 Å². The van der Waals surface area contributed by atoms with Gasteiger partial charge in [0.2, 0.25) is 10.0 Å². The van der Waals surface area contributed by atoms with Crippen LogP contribution in [-0.4, -0.2) is 27.5 Å². The summed E-state index contributed by atoms with van der Waals surface area (Å²) in [7, 11) is -3.59. The third-order valence-electron chi connectivity index (χ3n) is 2.81. The molecule has 1 saturated heterocycles. The number of halogens is 3. The second kappa shape index (κ2) is 7.24. The van der Waals surface area contributed by atoms with Crippen LogP contribution >= 0.6 is 39.9 Å². The minimum absolute atomic E-state index is 0. The molecule has 0 spiro atoms. The Labute approximate surface area is 132 Å². The summed E-state index contributed by atoms with van der Waals surface area (Å²) in [5.41, 5.74) is 0. The summed E-state index contributed by atoms with van der Waals surface area (Å²) in [5, 5.41) is 3.39. The fourth-order valence-electron chi connectivity index (χ4n) is 1.97. The molecule has 0 radical (unpaired) electrons. The quantitative estimate of drug-likeness (QED) is 0.835. The van der Waals surface area contributed by atoms with Crippen LogP contribution in [-0.2, 0) is 10.0 Å². The van der Waals surface area contributed by atoms with Crippen LogP contribution in [0.1, 0.15) is 12.8 Å². The maximum atomic E-state index is 12.3. The number of piperidine rings is 1. The maximum Gasteiger partial charge on any atom is 0.243 e. The summed E-state index contributed by atoms with van der Waals surface area (Å²) >= 11 is 9.20. The number of benzene rings is 1. The first kappa shape index (κ1) is 17.2. The van der Waals surface area contributed by atoms with Crippen molar-refractivity contribution in [2.45, 2.75) is 23.8 Å². The van der Waals surface area contributed by atoms with E-state index in [0.717, 1.165) is 19.4 Å². The Morgan fingerprint density at radius 2 is 2.16 bits per heavy atom. The molecule has 1 heterocycles. The minimum atomic E-state index is -3.59. The molecule has 2 rings (SSSR count). The third kappa shape index (κ3) is 4.31. The molecule has 108 valence electrons. The fraction of sp³-hybridized carbons (Fsp3) is 0.455. The van der Waals surface area contributed by atoms with E-state index in [0.29, 0.717) is 11.0 Å². The zero-order valence-electron chi connectivity index (χ0n) is 10.0. The first-order chi connectivity index (χ1) is 8.50. The highest BCUT2D eigenvalue weighted by Gasteiger charge is 2.25. The molecule has 0 bridgehead atoms. The van der Waals surface area contributed by atoms with Gasteiger partial charge in [-0.05, 0) is 47.4 Å². The van der Waals surface area contributed by atoms with Gasteiger partial charge in [-0.25, -0.2) is 13.1 Å². The van der Waals surface area contributed by atoms with Crippen LogP contribution in [0.15, 0.2) is 27.6 Å². The molecule has 0 aliphatic carbocycles. The summed E-state index contributed by atoms with van der Waals surface area (Å²) in [6.45, 7) is 1.59. The van der Waals surface area contributed by atoms with Crippen molar-refractivity contribution < 1.29 is 8.42 Å². The van der Waals surface area contributed by atoms with Gasteiger partial charge in [-0.15, -0.1) is 12.4 Å². The Balaban J connectivity index is 0.00000180. The van der Waals surface area contributed by atoms with Crippen molar-refractivity contribution in [1.29, 1.82) is 0 Å². The smallest absolute Gasteiger partial charge is 0.243 e. The van der Waals surface area contributed by atoms with Crippen LogP contribution in [0.4, 0.5) is 0 Å². The summed E-state index contributed by atoms with van der Waals surface area (Å²) in [4.78, 5) is 0.109. The topological polar surface area (TPSA) is 58.2 Å². The summed E-state index contributed by atoms with van der Waals surface area (Å²) in [6, 6.07) is 4.86. The number of sulfonamides is 1. The Bertz CT molecular complexity index is 513. The molecule has 0 aromatic heterocycles. The van der Waals surface area contributed by atoms with Gasteiger partial charge in [-0.2, -0.15) is 0 Å². The van der Waals surface area contributed by atoms with Crippen molar-refractivity contribution in [2.75, 3.05) is 13.1 Å². The van der Waals surface area contributed by atoms with Gasteiger partial charge in [-0.3, -0.25) is 0 Å². The summed E-state index contributed by atoms with van der Waals surface area (Å²) in [5.74, 6) is 0. The minimum Gasteiger partial charge on any atom is -0.315 e. The molecule has 1 atom stereocenters. The van der Waals surface area contributed by atoms with Gasteiger partial charge in [0.1, 0.15) is 4.90 Å². The molecule has 0 unspecified atom stereocenters. The van der Waals surface area contributed by atoms with E-state index in [2.05, 4.69) is 26.0 Å². The van der Waals surface area contributed by atoms with E-state index < -0.39 is 10.0 Å². The number of rotatable bonds is 3. The van der Waals surface area contributed by atoms with Gasteiger partial charge in [0.05, 0.1) is 5.02 Å². The highest BCUT2D eigenvalue weighted by molar-refractivity contribution is 9.10. The van der Waals surface area contributed by atoms with E-state index in [1.807, 2.05) is 0 Å². The lowest BCUT2D eigenvalue weighted by Gasteiger charge is -2.24. The molecular formula is C11H15BrCl2N2O2S. The van der Waals surface area contributed by atoms with E-state index in [-0.39, 0.29) is 28.4 Å². The van der Waals surface area contributed by atoms with Crippen LogP contribution in [0.25, 0.3) is 0 Å². The molecular weight excluding hydrogens is 375 g/mol. The van der Waals surface area contributed by atoms with E-state index in [1.165, 1.54) is 0 Å². The zero-order chi connectivity index (χ0) is 13.2. The van der Waals surface area contributed by atoms with Crippen molar-refractivity contribution in [3.8, 4) is 0 Å². The predicted octanol–water partition coefficient (Wildman–Crippen LogP) is 2.55. The first-order valence-electron chi connectivity index (χ1n) is 5.68. The van der Waals surface area contributed by atoms with E-state index in [4.69, 9.17) is 11.6 Å². The molecule has 19 heavy (non-hydrogen) atoms. The van der Waals surface area contributed by atoms with E-state index >= 15 is 0 Å². The average Bonchev–Trinajstić information content (AvgIpc) is 2.28. The third-order valence-corrected chi connectivity index (χ3v) is 5.78. The highest BCUT2D eigenvalue weighted by Crippen LogP contribution is 2.29. The summed E-state index contributed by atoms with van der Waals surface area (Å²) in [6.07, 6.45) is 1.81. The molecule has 4 nitrogen and oxygen atoms in total. The van der Waals surface area contributed by atoms with Gasteiger partial charge < -0.3 is 5.32 Å². The highest BCUT2D eigenvalue weighted by atomic mass is 79.9.